The predicted molar refractivity (Wildman–Crippen MR) is 71.8 cm³/mol. The van der Waals surface area contributed by atoms with Gasteiger partial charge in [0.1, 0.15) is 11.4 Å². The van der Waals surface area contributed by atoms with Crippen molar-refractivity contribution in [3.05, 3.63) is 28.3 Å². The summed E-state index contributed by atoms with van der Waals surface area (Å²) in [6.45, 7) is 0.174. The highest BCUT2D eigenvalue weighted by Gasteiger charge is 2.07. The Morgan fingerprint density at radius 1 is 1.61 bits per heavy atom. The number of rotatable bonds is 6. The van der Waals surface area contributed by atoms with Crippen molar-refractivity contribution in [2.24, 2.45) is 5.73 Å². The normalized spacial score (nSPS) is 10.3. The minimum atomic E-state index is -0.380. The molecule has 0 saturated heterocycles. The van der Waals surface area contributed by atoms with E-state index in [-0.39, 0.29) is 35.1 Å². The standard InChI is InChI=1S/C10H15N7O/c1-14-8-7(4-12)16-10(17-9(8)18)15-5-6(13)2-3-11/h2-4,12-14H,5,11H2,1H3,(H2,15,16,17,18)/b3-2-,12-4?,13-6?. The van der Waals surface area contributed by atoms with Gasteiger partial charge in [-0.05, 0) is 12.3 Å². The summed E-state index contributed by atoms with van der Waals surface area (Å²) in [7, 11) is 1.58. The number of nitrogens with one attached hydrogen (secondary N) is 5. The number of aromatic amines is 1. The van der Waals surface area contributed by atoms with Crippen molar-refractivity contribution in [1.29, 1.82) is 10.8 Å². The lowest BCUT2D eigenvalue weighted by Gasteiger charge is -2.07. The number of H-pyrrole nitrogens is 1. The Kier molecular flexibility index (Phi) is 4.61. The Morgan fingerprint density at radius 2 is 2.33 bits per heavy atom. The maximum absolute atomic E-state index is 11.6. The van der Waals surface area contributed by atoms with Gasteiger partial charge in [-0.15, -0.1) is 0 Å². The third kappa shape index (κ3) is 3.17. The minimum Gasteiger partial charge on any atom is -0.405 e. The monoisotopic (exact) mass is 249 g/mol. The summed E-state index contributed by atoms with van der Waals surface area (Å²) in [6, 6.07) is 0. The predicted octanol–water partition coefficient (Wildman–Crippen LogP) is -0.287. The van der Waals surface area contributed by atoms with Gasteiger partial charge in [0.2, 0.25) is 5.95 Å². The summed E-state index contributed by atoms with van der Waals surface area (Å²) in [5.41, 5.74) is 5.47. The maximum atomic E-state index is 11.6. The molecule has 1 heterocycles. The molecule has 0 aliphatic carbocycles. The van der Waals surface area contributed by atoms with Crippen LogP contribution in [0.25, 0.3) is 0 Å². The van der Waals surface area contributed by atoms with Crippen LogP contribution >= 0.6 is 0 Å². The van der Waals surface area contributed by atoms with Crippen molar-refractivity contribution in [3.8, 4) is 0 Å². The summed E-state index contributed by atoms with van der Waals surface area (Å²) in [6.07, 6.45) is 3.66. The molecule has 1 rings (SSSR count). The third-order valence-electron chi connectivity index (χ3n) is 2.08. The van der Waals surface area contributed by atoms with Gasteiger partial charge in [0.15, 0.2) is 0 Å². The molecule has 0 radical (unpaired) electrons. The molecule has 8 heteroatoms. The molecule has 0 bridgehead atoms. The van der Waals surface area contributed by atoms with Gasteiger partial charge in [-0.25, -0.2) is 4.98 Å². The van der Waals surface area contributed by atoms with Gasteiger partial charge in [-0.3, -0.25) is 9.78 Å². The molecule has 1 aromatic rings. The summed E-state index contributed by atoms with van der Waals surface area (Å²) in [5, 5.41) is 20.1. The molecule has 7 N–H and O–H groups in total. The van der Waals surface area contributed by atoms with E-state index in [1.807, 2.05) is 0 Å². The van der Waals surface area contributed by atoms with Crippen molar-refractivity contribution < 1.29 is 0 Å². The van der Waals surface area contributed by atoms with E-state index in [4.69, 9.17) is 16.6 Å². The van der Waals surface area contributed by atoms with Gasteiger partial charge >= 0.3 is 0 Å². The molecule has 0 fully saturated rings. The van der Waals surface area contributed by atoms with Crippen molar-refractivity contribution in [3.63, 3.8) is 0 Å². The number of nitrogens with zero attached hydrogens (tertiary/aromatic N) is 1. The number of anilines is 2. The molecule has 0 saturated carbocycles. The number of hydrogen-bond acceptors (Lipinski definition) is 7. The second-order valence-corrected chi connectivity index (χ2v) is 3.31. The molecule has 8 nitrogen and oxygen atoms in total. The van der Waals surface area contributed by atoms with Gasteiger partial charge < -0.3 is 27.2 Å². The van der Waals surface area contributed by atoms with Gasteiger partial charge in [0, 0.05) is 13.3 Å². The van der Waals surface area contributed by atoms with Crippen LogP contribution in [0.5, 0.6) is 0 Å². The lowest BCUT2D eigenvalue weighted by molar-refractivity contribution is 1.08. The van der Waals surface area contributed by atoms with E-state index in [0.29, 0.717) is 0 Å². The molecule has 0 amide bonds. The molecule has 0 unspecified atom stereocenters. The zero-order chi connectivity index (χ0) is 13.5. The lowest BCUT2D eigenvalue weighted by atomic mass is 10.3. The Hall–Kier alpha value is -2.64. The summed E-state index contributed by atoms with van der Waals surface area (Å²) in [5.74, 6) is 0.202. The molecule has 0 atom stereocenters. The fourth-order valence-corrected chi connectivity index (χ4v) is 1.27. The Morgan fingerprint density at radius 3 is 2.89 bits per heavy atom. The smallest absolute Gasteiger partial charge is 0.276 e. The van der Waals surface area contributed by atoms with Crippen molar-refractivity contribution >= 4 is 23.6 Å². The third-order valence-corrected chi connectivity index (χ3v) is 2.08. The maximum Gasteiger partial charge on any atom is 0.276 e. The highest BCUT2D eigenvalue weighted by atomic mass is 16.1. The average Bonchev–Trinajstić information content (AvgIpc) is 2.36. The second kappa shape index (κ2) is 6.18. The largest absolute Gasteiger partial charge is 0.405 e. The van der Waals surface area contributed by atoms with E-state index in [2.05, 4.69) is 20.6 Å². The first-order valence-electron chi connectivity index (χ1n) is 5.14. The zero-order valence-corrected chi connectivity index (χ0v) is 9.87. The molecule has 0 aliphatic heterocycles. The zero-order valence-electron chi connectivity index (χ0n) is 9.87. The second-order valence-electron chi connectivity index (χ2n) is 3.31. The lowest BCUT2D eigenvalue weighted by Crippen LogP contribution is -2.21. The number of nitrogens with two attached hydrogens (primary N) is 1. The summed E-state index contributed by atoms with van der Waals surface area (Å²) < 4.78 is 0. The summed E-state index contributed by atoms with van der Waals surface area (Å²) in [4.78, 5) is 18.2. The van der Waals surface area contributed by atoms with Crippen LogP contribution in [0.4, 0.5) is 11.6 Å². The van der Waals surface area contributed by atoms with Crippen molar-refractivity contribution in [2.75, 3.05) is 24.2 Å². The van der Waals surface area contributed by atoms with Crippen LogP contribution in [0.1, 0.15) is 5.69 Å². The van der Waals surface area contributed by atoms with Crippen LogP contribution in [0, 0.1) is 10.8 Å². The SMILES string of the molecule is CNc1c(C=N)nc(NCC(=N)/C=C\N)[nH]c1=O. The molecular formula is C10H15N7O. The Bertz CT molecular complexity index is 532. The van der Waals surface area contributed by atoms with Gasteiger partial charge in [-0.2, -0.15) is 0 Å². The van der Waals surface area contributed by atoms with Crippen molar-refractivity contribution in [1.82, 2.24) is 9.97 Å². The van der Waals surface area contributed by atoms with E-state index in [1.165, 1.54) is 12.3 Å². The van der Waals surface area contributed by atoms with Crippen LogP contribution < -0.4 is 21.9 Å². The molecule has 0 spiro atoms. The van der Waals surface area contributed by atoms with E-state index >= 15 is 0 Å². The topological polar surface area (TPSA) is 144 Å². The van der Waals surface area contributed by atoms with Gasteiger partial charge in [0.05, 0.1) is 12.3 Å². The molecule has 0 aliphatic rings. The molecule has 96 valence electrons. The van der Waals surface area contributed by atoms with Crippen LogP contribution in [0.3, 0.4) is 0 Å². The quantitative estimate of drug-likeness (QED) is 0.384. The first kappa shape index (κ1) is 13.4. The number of aromatic nitrogens is 2. The molecule has 1 aromatic heterocycles. The first-order valence-corrected chi connectivity index (χ1v) is 5.14. The molecule has 18 heavy (non-hydrogen) atoms. The van der Waals surface area contributed by atoms with E-state index in [9.17, 15) is 4.79 Å². The summed E-state index contributed by atoms with van der Waals surface area (Å²) >= 11 is 0. The number of hydrogen-bond donors (Lipinski definition) is 6. The van der Waals surface area contributed by atoms with E-state index in [1.54, 1.807) is 7.05 Å². The van der Waals surface area contributed by atoms with E-state index < -0.39 is 0 Å². The Labute approximate surface area is 103 Å². The Balaban J connectivity index is 2.92. The van der Waals surface area contributed by atoms with Crippen LogP contribution in [0.2, 0.25) is 0 Å². The fraction of sp³-hybridized carbons (Fsp3) is 0.200. The molecule has 0 aromatic carbocycles. The van der Waals surface area contributed by atoms with E-state index in [0.717, 1.165) is 6.21 Å². The average molecular weight is 249 g/mol. The van der Waals surface area contributed by atoms with Crippen LogP contribution in [-0.2, 0) is 0 Å². The highest BCUT2D eigenvalue weighted by molar-refractivity contribution is 5.95. The molecular weight excluding hydrogens is 234 g/mol. The highest BCUT2D eigenvalue weighted by Crippen LogP contribution is 2.05. The van der Waals surface area contributed by atoms with Crippen LogP contribution in [-0.4, -0.2) is 35.5 Å². The van der Waals surface area contributed by atoms with Gasteiger partial charge in [0.25, 0.3) is 5.56 Å². The first-order chi connectivity index (χ1) is 8.62. The fourth-order valence-electron chi connectivity index (χ4n) is 1.27. The van der Waals surface area contributed by atoms with Gasteiger partial charge in [-0.1, -0.05) is 0 Å². The minimum absolute atomic E-state index is 0.174. The van der Waals surface area contributed by atoms with Crippen molar-refractivity contribution in [2.45, 2.75) is 0 Å². The van der Waals surface area contributed by atoms with Crippen LogP contribution in [0.15, 0.2) is 17.1 Å².